The summed E-state index contributed by atoms with van der Waals surface area (Å²) in [4.78, 5) is 22.0. The van der Waals surface area contributed by atoms with Crippen LogP contribution in [0.3, 0.4) is 0 Å². The first-order valence-corrected chi connectivity index (χ1v) is 5.11. The zero-order valence-electron chi connectivity index (χ0n) is 9.70. The molecule has 1 unspecified atom stereocenters. The number of nitrogens with one attached hydrogen (secondary N) is 2. The summed E-state index contributed by atoms with van der Waals surface area (Å²) in [6.07, 6.45) is 0. The number of urea groups is 1. The van der Waals surface area contributed by atoms with Gasteiger partial charge in [0.25, 0.3) is 0 Å². The van der Waals surface area contributed by atoms with Crippen LogP contribution in [0.1, 0.15) is 27.7 Å². The molecule has 0 saturated heterocycles. The van der Waals surface area contributed by atoms with E-state index in [0.717, 1.165) is 0 Å². The quantitative estimate of drug-likeness (QED) is 0.642. The Morgan fingerprint density at radius 3 is 2.07 bits per heavy atom. The van der Waals surface area contributed by atoms with Crippen LogP contribution >= 0.6 is 0 Å². The second-order valence-electron chi connectivity index (χ2n) is 4.20. The molecule has 1 atom stereocenters. The topological polar surface area (TPSA) is 78.4 Å². The molecule has 5 nitrogen and oxygen atoms in total. The Hall–Kier alpha value is -1.26. The summed E-state index contributed by atoms with van der Waals surface area (Å²) in [6.45, 7) is 7.49. The summed E-state index contributed by atoms with van der Waals surface area (Å²) in [6, 6.07) is -0.274. The predicted octanol–water partition coefficient (Wildman–Crippen LogP) is 1.05. The van der Waals surface area contributed by atoms with Crippen molar-refractivity contribution in [3.63, 3.8) is 0 Å². The molecule has 0 aliphatic heterocycles. The second kappa shape index (κ2) is 6.27. The molecule has 0 bridgehead atoms. The Balaban J connectivity index is 4.00. The van der Waals surface area contributed by atoms with Crippen LogP contribution in [-0.4, -0.2) is 29.7 Å². The highest BCUT2D eigenvalue weighted by Crippen LogP contribution is 2.09. The molecule has 0 aromatic rings. The van der Waals surface area contributed by atoms with Crippen molar-refractivity contribution in [3.05, 3.63) is 0 Å². The Kier molecular flexibility index (Phi) is 5.74. The number of carboxylic acids is 1. The Morgan fingerprint density at radius 2 is 1.73 bits per heavy atom. The molecule has 88 valence electrons. The van der Waals surface area contributed by atoms with Crippen LogP contribution in [0.5, 0.6) is 0 Å². The van der Waals surface area contributed by atoms with Gasteiger partial charge in [0, 0.05) is 12.6 Å². The van der Waals surface area contributed by atoms with Crippen LogP contribution in [0.2, 0.25) is 0 Å². The van der Waals surface area contributed by atoms with Gasteiger partial charge in [-0.1, -0.05) is 13.8 Å². The lowest BCUT2D eigenvalue weighted by Gasteiger charge is -2.17. The third-order valence-electron chi connectivity index (χ3n) is 2.02. The third-order valence-corrected chi connectivity index (χ3v) is 2.02. The highest BCUT2D eigenvalue weighted by atomic mass is 16.4. The van der Waals surface area contributed by atoms with Gasteiger partial charge in [0.15, 0.2) is 0 Å². The predicted molar refractivity (Wildman–Crippen MR) is 57.6 cm³/mol. The first kappa shape index (κ1) is 13.7. The molecule has 0 fully saturated rings. The van der Waals surface area contributed by atoms with Crippen LogP contribution < -0.4 is 10.6 Å². The maximum atomic E-state index is 11.2. The highest BCUT2D eigenvalue weighted by molar-refractivity contribution is 5.76. The molecule has 0 saturated carbocycles. The number of rotatable bonds is 5. The average Bonchev–Trinajstić information content (AvgIpc) is 2.00. The van der Waals surface area contributed by atoms with E-state index in [-0.39, 0.29) is 24.5 Å². The van der Waals surface area contributed by atoms with E-state index in [1.54, 1.807) is 0 Å². The summed E-state index contributed by atoms with van der Waals surface area (Å²) in [5.41, 5.74) is 0. The van der Waals surface area contributed by atoms with Crippen molar-refractivity contribution in [2.45, 2.75) is 33.7 Å². The van der Waals surface area contributed by atoms with Gasteiger partial charge in [0.05, 0.1) is 5.92 Å². The first-order chi connectivity index (χ1) is 6.84. The fourth-order valence-corrected chi connectivity index (χ4v) is 1.12. The van der Waals surface area contributed by atoms with Gasteiger partial charge in [0.1, 0.15) is 0 Å². The van der Waals surface area contributed by atoms with Crippen molar-refractivity contribution >= 4 is 12.0 Å². The summed E-state index contributed by atoms with van der Waals surface area (Å²) < 4.78 is 0. The molecule has 0 aliphatic rings. The molecule has 2 amide bonds. The van der Waals surface area contributed by atoms with Crippen molar-refractivity contribution in [1.29, 1.82) is 0 Å². The Labute approximate surface area is 90.2 Å². The number of aliphatic carboxylic acids is 1. The van der Waals surface area contributed by atoms with Crippen molar-refractivity contribution in [3.8, 4) is 0 Å². The maximum Gasteiger partial charge on any atom is 0.315 e. The number of carbonyl (C=O) groups excluding carboxylic acids is 1. The number of hydrogen-bond acceptors (Lipinski definition) is 2. The minimum atomic E-state index is -0.880. The highest BCUT2D eigenvalue weighted by Gasteiger charge is 2.21. The van der Waals surface area contributed by atoms with Gasteiger partial charge in [-0.15, -0.1) is 0 Å². The molecule has 5 heteroatoms. The lowest BCUT2D eigenvalue weighted by molar-refractivity contribution is -0.142. The molecule has 0 heterocycles. The van der Waals surface area contributed by atoms with Gasteiger partial charge in [-0.25, -0.2) is 4.79 Å². The summed E-state index contributed by atoms with van der Waals surface area (Å²) in [5.74, 6) is -1.42. The van der Waals surface area contributed by atoms with Crippen molar-refractivity contribution in [1.82, 2.24) is 10.6 Å². The van der Waals surface area contributed by atoms with Crippen LogP contribution in [0.25, 0.3) is 0 Å². The first-order valence-electron chi connectivity index (χ1n) is 5.11. The molecule has 0 aromatic carbocycles. The van der Waals surface area contributed by atoms with Crippen molar-refractivity contribution in [2.24, 2.45) is 11.8 Å². The Bertz CT molecular complexity index is 227. The monoisotopic (exact) mass is 216 g/mol. The number of carboxylic acid groups (broad SMARTS) is 1. The van der Waals surface area contributed by atoms with Gasteiger partial charge < -0.3 is 15.7 Å². The van der Waals surface area contributed by atoms with E-state index < -0.39 is 11.9 Å². The standard InChI is InChI=1S/C10H20N2O3/c1-6(2)8(9(13)14)5-11-10(15)12-7(3)4/h6-8H,5H2,1-4H3,(H,13,14)(H2,11,12,15). The van der Waals surface area contributed by atoms with Crippen LogP contribution in [0, 0.1) is 11.8 Å². The third kappa shape index (κ3) is 5.93. The molecule has 0 aliphatic carbocycles. The summed E-state index contributed by atoms with van der Waals surface area (Å²) >= 11 is 0. The number of carbonyl (C=O) groups is 2. The molecular weight excluding hydrogens is 196 g/mol. The Morgan fingerprint density at radius 1 is 1.20 bits per heavy atom. The van der Waals surface area contributed by atoms with E-state index in [0.29, 0.717) is 0 Å². The summed E-state index contributed by atoms with van der Waals surface area (Å²) in [7, 11) is 0. The summed E-state index contributed by atoms with van der Waals surface area (Å²) in [5, 5.41) is 14.0. The van der Waals surface area contributed by atoms with E-state index in [1.807, 2.05) is 27.7 Å². The van der Waals surface area contributed by atoms with E-state index in [1.165, 1.54) is 0 Å². The molecule has 0 aromatic heterocycles. The van der Waals surface area contributed by atoms with Gasteiger partial charge in [-0.3, -0.25) is 4.79 Å². The van der Waals surface area contributed by atoms with E-state index in [9.17, 15) is 9.59 Å². The average molecular weight is 216 g/mol. The SMILES string of the molecule is CC(C)NC(=O)NCC(C(=O)O)C(C)C. The lowest BCUT2D eigenvalue weighted by atomic mass is 9.96. The molecule has 0 radical (unpaired) electrons. The molecule has 15 heavy (non-hydrogen) atoms. The van der Waals surface area contributed by atoms with Gasteiger partial charge in [0.2, 0.25) is 0 Å². The molecule has 0 rings (SSSR count). The maximum absolute atomic E-state index is 11.2. The van der Waals surface area contributed by atoms with Gasteiger partial charge in [-0.05, 0) is 19.8 Å². The fourth-order valence-electron chi connectivity index (χ4n) is 1.12. The molecule has 0 spiro atoms. The minimum absolute atomic E-state index is 0.00171. The number of amides is 2. The van der Waals surface area contributed by atoms with Gasteiger partial charge >= 0.3 is 12.0 Å². The lowest BCUT2D eigenvalue weighted by Crippen LogP contribution is -2.43. The van der Waals surface area contributed by atoms with E-state index >= 15 is 0 Å². The van der Waals surface area contributed by atoms with Crippen LogP contribution in [0.15, 0.2) is 0 Å². The minimum Gasteiger partial charge on any atom is -0.481 e. The second-order valence-corrected chi connectivity index (χ2v) is 4.20. The molecule has 3 N–H and O–H groups in total. The smallest absolute Gasteiger partial charge is 0.315 e. The van der Waals surface area contributed by atoms with Crippen molar-refractivity contribution < 1.29 is 14.7 Å². The number of hydrogen-bond donors (Lipinski definition) is 3. The van der Waals surface area contributed by atoms with E-state index in [2.05, 4.69) is 10.6 Å². The fraction of sp³-hybridized carbons (Fsp3) is 0.800. The van der Waals surface area contributed by atoms with Crippen molar-refractivity contribution in [2.75, 3.05) is 6.54 Å². The van der Waals surface area contributed by atoms with Gasteiger partial charge in [-0.2, -0.15) is 0 Å². The van der Waals surface area contributed by atoms with Crippen LogP contribution in [0.4, 0.5) is 4.79 Å². The zero-order chi connectivity index (χ0) is 12.0. The van der Waals surface area contributed by atoms with E-state index in [4.69, 9.17) is 5.11 Å². The normalized spacial score (nSPS) is 12.7. The molecular formula is C10H20N2O3. The van der Waals surface area contributed by atoms with Crippen LogP contribution in [-0.2, 0) is 4.79 Å². The largest absolute Gasteiger partial charge is 0.481 e. The zero-order valence-corrected chi connectivity index (χ0v) is 9.70.